The number of benzene rings is 1. The lowest BCUT2D eigenvalue weighted by atomic mass is 9.76. The van der Waals surface area contributed by atoms with Crippen LogP contribution in [0, 0.1) is 12.3 Å². The molecule has 0 aliphatic heterocycles. The van der Waals surface area contributed by atoms with Crippen molar-refractivity contribution in [2.24, 2.45) is 10.4 Å². The number of nitrogen functional groups attached to an aromatic ring is 1. The maximum absolute atomic E-state index is 6.14. The van der Waals surface area contributed by atoms with Crippen LogP contribution < -0.4 is 15.9 Å². The Bertz CT molecular complexity index is 561. The lowest BCUT2D eigenvalue weighted by molar-refractivity contribution is 0.00498. The van der Waals surface area contributed by atoms with Crippen molar-refractivity contribution in [1.29, 1.82) is 0 Å². The summed E-state index contributed by atoms with van der Waals surface area (Å²) >= 11 is 0. The third-order valence-corrected chi connectivity index (χ3v) is 4.39. The van der Waals surface area contributed by atoms with Crippen molar-refractivity contribution in [2.45, 2.75) is 47.1 Å². The van der Waals surface area contributed by atoms with Crippen molar-refractivity contribution in [2.75, 3.05) is 19.9 Å². The number of rotatable bonds is 5. The van der Waals surface area contributed by atoms with E-state index in [0.29, 0.717) is 5.69 Å². The number of methoxy groups -OCH3 is 1. The van der Waals surface area contributed by atoms with Crippen LogP contribution in [0.1, 0.15) is 45.7 Å². The molecule has 0 aliphatic carbocycles. The van der Waals surface area contributed by atoms with Gasteiger partial charge in [-0.25, -0.2) is 0 Å². The summed E-state index contributed by atoms with van der Waals surface area (Å²) in [4.78, 5) is 4.05. The van der Waals surface area contributed by atoms with E-state index in [2.05, 4.69) is 39.6 Å². The first-order valence-electron chi connectivity index (χ1n) is 7.45. The summed E-state index contributed by atoms with van der Waals surface area (Å²) in [5.74, 6) is 0.732. The standard InChI is InChI=1S/C17H28BN2O2/c1-11-14(19)12(10-20-7)9-13(15(11)21-8)18-22-17(5,6)16(2,3)4/h9-10H,19H2,1-8H3. The average Bonchev–Trinajstić information content (AvgIpc) is 2.41. The Balaban J connectivity index is 3.19. The fourth-order valence-electron chi connectivity index (χ4n) is 1.86. The Morgan fingerprint density at radius 1 is 1.23 bits per heavy atom. The van der Waals surface area contributed by atoms with Crippen LogP contribution in [0.2, 0.25) is 0 Å². The molecule has 1 aromatic carbocycles. The lowest BCUT2D eigenvalue weighted by Crippen LogP contribution is -2.43. The fraction of sp³-hybridized carbons (Fsp3) is 0.588. The number of hydrogen-bond acceptors (Lipinski definition) is 4. The first-order chi connectivity index (χ1) is 10.0. The average molecular weight is 303 g/mol. The number of hydrogen-bond donors (Lipinski definition) is 1. The second kappa shape index (κ2) is 6.74. The molecule has 0 saturated carbocycles. The number of nitrogens with two attached hydrogens (primary N) is 1. The Morgan fingerprint density at radius 2 is 1.82 bits per heavy atom. The molecule has 0 fully saturated rings. The highest BCUT2D eigenvalue weighted by atomic mass is 16.5. The Kier molecular flexibility index (Phi) is 5.68. The van der Waals surface area contributed by atoms with Gasteiger partial charge in [-0.05, 0) is 31.6 Å². The van der Waals surface area contributed by atoms with E-state index in [1.807, 2.05) is 13.0 Å². The second-order valence-electron chi connectivity index (χ2n) is 7.01. The van der Waals surface area contributed by atoms with Crippen molar-refractivity contribution >= 4 is 24.8 Å². The Hall–Kier alpha value is -1.49. The van der Waals surface area contributed by atoms with E-state index >= 15 is 0 Å². The minimum absolute atomic E-state index is 0.00724. The van der Waals surface area contributed by atoms with Gasteiger partial charge in [0.15, 0.2) is 0 Å². The van der Waals surface area contributed by atoms with Crippen LogP contribution in [0.3, 0.4) is 0 Å². The van der Waals surface area contributed by atoms with Gasteiger partial charge in [-0.3, -0.25) is 4.99 Å². The minimum atomic E-state index is -0.313. The number of anilines is 1. The molecular formula is C17H28BN2O2. The molecule has 0 unspecified atom stereocenters. The van der Waals surface area contributed by atoms with Gasteiger partial charge in [-0.1, -0.05) is 26.8 Å². The first kappa shape index (κ1) is 18.6. The van der Waals surface area contributed by atoms with Crippen LogP contribution in [0.15, 0.2) is 11.1 Å². The molecule has 0 bridgehead atoms. The highest BCUT2D eigenvalue weighted by molar-refractivity contribution is 6.49. The quantitative estimate of drug-likeness (QED) is 0.517. The molecular weight excluding hydrogens is 275 g/mol. The molecule has 1 rings (SSSR count). The van der Waals surface area contributed by atoms with E-state index in [1.165, 1.54) is 0 Å². The summed E-state index contributed by atoms with van der Waals surface area (Å²) < 4.78 is 11.6. The van der Waals surface area contributed by atoms with Gasteiger partial charge in [-0.15, -0.1) is 0 Å². The van der Waals surface area contributed by atoms with Crippen molar-refractivity contribution in [3.05, 3.63) is 17.2 Å². The molecule has 0 aromatic heterocycles. The normalized spacial score (nSPS) is 12.7. The van der Waals surface area contributed by atoms with Gasteiger partial charge in [0.2, 0.25) is 0 Å². The van der Waals surface area contributed by atoms with Gasteiger partial charge in [-0.2, -0.15) is 0 Å². The van der Waals surface area contributed by atoms with E-state index < -0.39 is 0 Å². The fourth-order valence-corrected chi connectivity index (χ4v) is 1.86. The van der Waals surface area contributed by atoms with Gasteiger partial charge in [0.05, 0.1) is 12.7 Å². The third-order valence-electron chi connectivity index (χ3n) is 4.39. The largest absolute Gasteiger partial charge is 0.497 e. The van der Waals surface area contributed by atoms with E-state index in [4.69, 9.17) is 15.1 Å². The van der Waals surface area contributed by atoms with E-state index in [0.717, 1.165) is 22.3 Å². The maximum atomic E-state index is 6.14. The zero-order valence-corrected chi connectivity index (χ0v) is 15.1. The molecule has 0 saturated heterocycles. The monoisotopic (exact) mass is 303 g/mol. The summed E-state index contributed by atoms with van der Waals surface area (Å²) in [5.41, 5.74) is 9.13. The molecule has 121 valence electrons. The third kappa shape index (κ3) is 3.83. The van der Waals surface area contributed by atoms with Crippen LogP contribution in [0.4, 0.5) is 5.69 Å². The molecule has 2 N–H and O–H groups in total. The molecule has 1 aromatic rings. The van der Waals surface area contributed by atoms with Gasteiger partial charge in [0.1, 0.15) is 5.75 Å². The molecule has 22 heavy (non-hydrogen) atoms. The van der Waals surface area contributed by atoms with Crippen molar-refractivity contribution in [3.63, 3.8) is 0 Å². The Morgan fingerprint density at radius 3 is 2.27 bits per heavy atom. The van der Waals surface area contributed by atoms with Gasteiger partial charge >= 0.3 is 7.48 Å². The highest BCUT2D eigenvalue weighted by Crippen LogP contribution is 2.33. The number of aliphatic imine (C=N–C) groups is 1. The highest BCUT2D eigenvalue weighted by Gasteiger charge is 2.34. The molecule has 0 amide bonds. The van der Waals surface area contributed by atoms with Crippen LogP contribution in [0.25, 0.3) is 0 Å². The molecule has 5 heteroatoms. The predicted molar refractivity (Wildman–Crippen MR) is 95.7 cm³/mol. The van der Waals surface area contributed by atoms with E-state index in [1.54, 1.807) is 27.9 Å². The lowest BCUT2D eigenvalue weighted by Gasteiger charge is -2.39. The van der Waals surface area contributed by atoms with Crippen LogP contribution in [-0.4, -0.2) is 33.5 Å². The van der Waals surface area contributed by atoms with Gasteiger partial charge in [0, 0.05) is 30.1 Å². The Labute approximate surface area is 135 Å². The minimum Gasteiger partial charge on any atom is -0.497 e. The van der Waals surface area contributed by atoms with Gasteiger partial charge < -0.3 is 15.1 Å². The van der Waals surface area contributed by atoms with Crippen LogP contribution in [-0.2, 0) is 4.65 Å². The zero-order chi connectivity index (χ0) is 17.1. The molecule has 0 heterocycles. The summed E-state index contributed by atoms with van der Waals surface area (Å²) in [7, 11) is 5.12. The molecule has 4 nitrogen and oxygen atoms in total. The number of ether oxygens (including phenoxy) is 1. The second-order valence-corrected chi connectivity index (χ2v) is 7.01. The first-order valence-corrected chi connectivity index (χ1v) is 7.45. The zero-order valence-electron chi connectivity index (χ0n) is 15.1. The smallest absolute Gasteiger partial charge is 0.334 e. The van der Waals surface area contributed by atoms with E-state index in [9.17, 15) is 0 Å². The molecule has 0 aliphatic rings. The summed E-state index contributed by atoms with van der Waals surface area (Å²) in [6.07, 6.45) is 1.74. The topological polar surface area (TPSA) is 56.8 Å². The summed E-state index contributed by atoms with van der Waals surface area (Å²) in [6.45, 7) is 12.6. The number of nitrogens with zero attached hydrogens (tertiary/aromatic N) is 1. The molecule has 0 atom stereocenters. The van der Waals surface area contributed by atoms with Crippen molar-refractivity contribution < 1.29 is 9.39 Å². The van der Waals surface area contributed by atoms with Crippen molar-refractivity contribution in [3.8, 4) is 5.75 Å². The predicted octanol–water partition coefficient (Wildman–Crippen LogP) is 2.72. The van der Waals surface area contributed by atoms with Crippen LogP contribution in [0.5, 0.6) is 5.75 Å². The summed E-state index contributed by atoms with van der Waals surface area (Å²) in [6, 6.07) is 1.94. The SMILES string of the molecule is CN=Cc1cc([B]OC(C)(C)C(C)(C)C)c(OC)c(C)c1N. The molecule has 1 radical (unpaired) electrons. The van der Waals surface area contributed by atoms with Crippen molar-refractivity contribution in [1.82, 2.24) is 0 Å². The maximum Gasteiger partial charge on any atom is 0.334 e. The summed E-state index contributed by atoms with van der Waals surface area (Å²) in [5, 5.41) is 0. The van der Waals surface area contributed by atoms with E-state index in [-0.39, 0.29) is 11.0 Å². The van der Waals surface area contributed by atoms with Crippen LogP contribution >= 0.6 is 0 Å². The van der Waals surface area contributed by atoms with Gasteiger partial charge in [0.25, 0.3) is 0 Å². The molecule has 0 spiro atoms.